The molecule has 1 rings (SSSR count). The summed E-state index contributed by atoms with van der Waals surface area (Å²) in [6.45, 7) is 4.58. The highest BCUT2D eigenvalue weighted by Crippen LogP contribution is 2.20. The molecule has 5 nitrogen and oxygen atoms in total. The van der Waals surface area contributed by atoms with Crippen LogP contribution >= 0.6 is 11.6 Å². The molecule has 1 heterocycles. The van der Waals surface area contributed by atoms with Crippen LogP contribution in [0.2, 0.25) is 5.15 Å². The third-order valence-electron chi connectivity index (χ3n) is 2.11. The molecular weight excluding hydrogens is 228 g/mol. The Labute approximate surface area is 99.8 Å². The van der Waals surface area contributed by atoms with Gasteiger partial charge in [0, 0.05) is 19.2 Å². The molecule has 0 saturated heterocycles. The van der Waals surface area contributed by atoms with Gasteiger partial charge in [-0.3, -0.25) is 4.79 Å². The molecule has 0 aliphatic rings. The molecule has 0 atom stereocenters. The van der Waals surface area contributed by atoms with Crippen molar-refractivity contribution in [1.29, 1.82) is 0 Å². The number of halogens is 1. The zero-order chi connectivity index (χ0) is 12.1. The average Bonchev–Trinajstić information content (AvgIpc) is 2.22. The van der Waals surface area contributed by atoms with Gasteiger partial charge in [0.05, 0.1) is 6.54 Å². The van der Waals surface area contributed by atoms with Gasteiger partial charge in [-0.15, -0.1) is 0 Å². The van der Waals surface area contributed by atoms with Crippen molar-refractivity contribution in [3.05, 3.63) is 17.0 Å². The van der Waals surface area contributed by atoms with Gasteiger partial charge in [-0.25, -0.2) is 9.97 Å². The predicted molar refractivity (Wildman–Crippen MR) is 63.7 cm³/mol. The van der Waals surface area contributed by atoms with Crippen LogP contribution in [0.4, 0.5) is 5.82 Å². The molecule has 1 aromatic heterocycles. The van der Waals surface area contributed by atoms with Gasteiger partial charge in [0.2, 0.25) is 5.91 Å². The predicted octanol–water partition coefficient (Wildman–Crippen LogP) is 1.01. The van der Waals surface area contributed by atoms with Crippen LogP contribution in [-0.2, 0) is 4.79 Å². The Kier molecular flexibility index (Phi) is 4.49. The van der Waals surface area contributed by atoms with Gasteiger partial charge in [-0.05, 0) is 13.8 Å². The fourth-order valence-electron chi connectivity index (χ4n) is 1.35. The van der Waals surface area contributed by atoms with E-state index in [-0.39, 0.29) is 12.5 Å². The second-order valence-electron chi connectivity index (χ2n) is 3.42. The number of rotatable bonds is 4. The first-order valence-electron chi connectivity index (χ1n) is 5.01. The number of carbonyl (C=O) groups is 1. The van der Waals surface area contributed by atoms with Gasteiger partial charge in [-0.1, -0.05) is 11.6 Å². The maximum absolute atomic E-state index is 11.4. The lowest BCUT2D eigenvalue weighted by molar-refractivity contribution is -0.119. The smallest absolute Gasteiger partial charge is 0.239 e. The molecule has 6 heteroatoms. The summed E-state index contributed by atoms with van der Waals surface area (Å²) in [6, 6.07) is 0. The van der Waals surface area contributed by atoms with Crippen LogP contribution in [0.1, 0.15) is 12.5 Å². The third-order valence-corrected chi connectivity index (χ3v) is 2.49. The summed E-state index contributed by atoms with van der Waals surface area (Å²) in [5.41, 5.74) is 0.774. The first-order chi connectivity index (χ1) is 7.56. The first kappa shape index (κ1) is 12.7. The van der Waals surface area contributed by atoms with Crippen LogP contribution in [0.3, 0.4) is 0 Å². The normalized spacial score (nSPS) is 10.0. The summed E-state index contributed by atoms with van der Waals surface area (Å²) in [6.07, 6.45) is 1.39. The summed E-state index contributed by atoms with van der Waals surface area (Å²) in [4.78, 5) is 21.1. The van der Waals surface area contributed by atoms with Crippen LogP contribution in [0.15, 0.2) is 6.33 Å². The molecular formula is C10H15ClN4O. The number of amides is 1. The molecule has 0 aromatic carbocycles. The van der Waals surface area contributed by atoms with Crippen molar-refractivity contribution in [3.63, 3.8) is 0 Å². The van der Waals surface area contributed by atoms with Gasteiger partial charge in [0.25, 0.3) is 0 Å². The first-order valence-corrected chi connectivity index (χ1v) is 5.39. The number of carbonyl (C=O) groups excluding carboxylic acids is 1. The van der Waals surface area contributed by atoms with Crippen molar-refractivity contribution in [2.24, 2.45) is 0 Å². The van der Waals surface area contributed by atoms with Gasteiger partial charge < -0.3 is 10.2 Å². The Morgan fingerprint density at radius 3 is 2.88 bits per heavy atom. The van der Waals surface area contributed by atoms with Gasteiger partial charge in [-0.2, -0.15) is 0 Å². The van der Waals surface area contributed by atoms with Gasteiger partial charge >= 0.3 is 0 Å². The molecule has 1 amide bonds. The lowest BCUT2D eigenvalue weighted by atomic mass is 10.3. The Morgan fingerprint density at radius 1 is 1.56 bits per heavy atom. The Bertz CT molecular complexity index is 383. The molecule has 0 spiro atoms. The Hall–Kier alpha value is -1.36. The summed E-state index contributed by atoms with van der Waals surface area (Å²) in [5.74, 6) is 0.630. The summed E-state index contributed by atoms with van der Waals surface area (Å²) in [7, 11) is 1.79. The van der Waals surface area contributed by atoms with Crippen molar-refractivity contribution < 1.29 is 4.79 Å². The van der Waals surface area contributed by atoms with E-state index in [1.165, 1.54) is 6.33 Å². The van der Waals surface area contributed by atoms with E-state index in [0.29, 0.717) is 17.5 Å². The highest BCUT2D eigenvalue weighted by atomic mass is 35.5. The van der Waals surface area contributed by atoms with E-state index >= 15 is 0 Å². The van der Waals surface area contributed by atoms with Crippen LogP contribution in [0.25, 0.3) is 0 Å². The molecule has 0 bridgehead atoms. The lowest BCUT2D eigenvalue weighted by Gasteiger charge is -2.19. The molecule has 0 aliphatic heterocycles. The van der Waals surface area contributed by atoms with Crippen molar-refractivity contribution in [1.82, 2.24) is 15.3 Å². The van der Waals surface area contributed by atoms with E-state index in [0.717, 1.165) is 5.56 Å². The summed E-state index contributed by atoms with van der Waals surface area (Å²) in [5, 5.41) is 3.13. The second kappa shape index (κ2) is 5.65. The summed E-state index contributed by atoms with van der Waals surface area (Å²) >= 11 is 5.88. The molecule has 0 aliphatic carbocycles. The maximum atomic E-state index is 11.4. The van der Waals surface area contributed by atoms with Crippen molar-refractivity contribution in [2.45, 2.75) is 13.8 Å². The molecule has 1 N–H and O–H groups in total. The van der Waals surface area contributed by atoms with Crippen LogP contribution < -0.4 is 10.2 Å². The second-order valence-corrected chi connectivity index (χ2v) is 3.78. The quantitative estimate of drug-likeness (QED) is 0.801. The third kappa shape index (κ3) is 3.06. The molecule has 0 radical (unpaired) electrons. The monoisotopic (exact) mass is 242 g/mol. The number of likely N-dealkylation sites (N-methyl/N-ethyl adjacent to an activating group) is 2. The van der Waals surface area contributed by atoms with E-state index in [9.17, 15) is 4.79 Å². The van der Waals surface area contributed by atoms with E-state index in [1.807, 2.05) is 13.8 Å². The highest BCUT2D eigenvalue weighted by molar-refractivity contribution is 6.30. The SMILES string of the molecule is CCNC(=O)CN(C)c1ncnc(Cl)c1C. The average molecular weight is 243 g/mol. The van der Waals surface area contributed by atoms with Crippen LogP contribution in [-0.4, -0.2) is 36.0 Å². The van der Waals surface area contributed by atoms with Crippen molar-refractivity contribution in [2.75, 3.05) is 25.0 Å². The fourth-order valence-corrected chi connectivity index (χ4v) is 1.48. The van der Waals surface area contributed by atoms with Crippen LogP contribution in [0.5, 0.6) is 0 Å². The molecule has 1 aromatic rings. The van der Waals surface area contributed by atoms with Crippen molar-refractivity contribution >= 4 is 23.3 Å². The standard InChI is InChI=1S/C10H15ClN4O/c1-4-12-8(16)5-15(3)10-7(2)9(11)13-6-14-10/h6H,4-5H2,1-3H3,(H,12,16). The van der Waals surface area contributed by atoms with E-state index in [4.69, 9.17) is 11.6 Å². The number of nitrogens with one attached hydrogen (secondary N) is 1. The highest BCUT2D eigenvalue weighted by Gasteiger charge is 2.12. The van der Waals surface area contributed by atoms with Gasteiger partial charge in [0.15, 0.2) is 0 Å². The molecule has 0 saturated carbocycles. The largest absolute Gasteiger partial charge is 0.355 e. The number of hydrogen-bond donors (Lipinski definition) is 1. The van der Waals surface area contributed by atoms with Crippen LogP contribution in [0, 0.1) is 6.92 Å². The minimum atomic E-state index is -0.0425. The van der Waals surface area contributed by atoms with Gasteiger partial charge in [0.1, 0.15) is 17.3 Å². The molecule has 88 valence electrons. The van der Waals surface area contributed by atoms with E-state index < -0.39 is 0 Å². The minimum Gasteiger partial charge on any atom is -0.355 e. The topological polar surface area (TPSA) is 58.1 Å². The molecule has 0 fully saturated rings. The number of hydrogen-bond acceptors (Lipinski definition) is 4. The minimum absolute atomic E-state index is 0.0425. The summed E-state index contributed by atoms with van der Waals surface area (Å²) < 4.78 is 0. The Balaban J connectivity index is 2.76. The number of anilines is 1. The fraction of sp³-hybridized carbons (Fsp3) is 0.500. The lowest BCUT2D eigenvalue weighted by Crippen LogP contribution is -2.35. The number of aromatic nitrogens is 2. The zero-order valence-electron chi connectivity index (χ0n) is 9.62. The van der Waals surface area contributed by atoms with E-state index in [1.54, 1.807) is 11.9 Å². The van der Waals surface area contributed by atoms with Crippen molar-refractivity contribution in [3.8, 4) is 0 Å². The van der Waals surface area contributed by atoms with E-state index in [2.05, 4.69) is 15.3 Å². The molecule has 0 unspecified atom stereocenters. The zero-order valence-corrected chi connectivity index (χ0v) is 10.4. The number of nitrogens with zero attached hydrogens (tertiary/aromatic N) is 3. The Morgan fingerprint density at radius 2 is 2.25 bits per heavy atom. The molecule has 16 heavy (non-hydrogen) atoms. The maximum Gasteiger partial charge on any atom is 0.239 e.